The molecule has 0 spiro atoms. The second-order valence-electron chi connectivity index (χ2n) is 21.2. The van der Waals surface area contributed by atoms with Crippen LogP contribution in [-0.2, 0) is 28.6 Å². The fourth-order valence-corrected chi connectivity index (χ4v) is 9.05. The van der Waals surface area contributed by atoms with Crippen molar-refractivity contribution < 1.29 is 28.6 Å². The van der Waals surface area contributed by atoms with Crippen LogP contribution in [0.15, 0.2) is 0 Å². The van der Waals surface area contributed by atoms with Crippen LogP contribution in [0.5, 0.6) is 0 Å². The Bertz CT molecular complexity index is 993. The van der Waals surface area contributed by atoms with Crippen LogP contribution >= 0.6 is 0 Å². The van der Waals surface area contributed by atoms with Gasteiger partial charge in [-0.15, -0.1) is 0 Å². The molecule has 0 bridgehead atoms. The first-order chi connectivity index (χ1) is 31.7. The number of carbonyl (C=O) groups excluding carboxylic acids is 3. The SMILES string of the molecule is CCCCCCCCCCCCCC(=O)OC[C@@H](COC(=O)CCCCCCCCCCCCCCCCCCC(C)C)OC(=O)CCCCCCCCCCCCCCCCC(C)C. The largest absolute Gasteiger partial charge is 0.462 e. The summed E-state index contributed by atoms with van der Waals surface area (Å²) in [4.78, 5) is 38.1. The van der Waals surface area contributed by atoms with Crippen molar-refractivity contribution in [2.24, 2.45) is 11.8 Å². The minimum absolute atomic E-state index is 0.0625. The van der Waals surface area contributed by atoms with E-state index in [4.69, 9.17) is 14.2 Å². The van der Waals surface area contributed by atoms with E-state index in [0.717, 1.165) is 69.6 Å². The monoisotopic (exact) mass is 919 g/mol. The summed E-state index contributed by atoms with van der Waals surface area (Å²) in [5, 5.41) is 0. The van der Waals surface area contributed by atoms with E-state index < -0.39 is 6.10 Å². The standard InChI is InChI=1S/C59H114O6/c1-6-7-8-9-10-11-22-29-34-39-44-49-57(60)63-52-56(65-59(62)51-46-41-36-31-26-21-17-16-19-24-28-33-38-43-48-55(4)5)53-64-58(61)50-45-40-35-30-25-20-15-13-12-14-18-23-27-32-37-42-47-54(2)3/h54-56H,6-53H2,1-5H3/t56-/m0/s1. The molecule has 6 heteroatoms. The Hall–Kier alpha value is -1.59. The highest BCUT2D eigenvalue weighted by Gasteiger charge is 2.19. The normalized spacial score (nSPS) is 12.0. The zero-order valence-corrected chi connectivity index (χ0v) is 44.6. The zero-order chi connectivity index (χ0) is 47.5. The van der Waals surface area contributed by atoms with Crippen LogP contribution in [0.25, 0.3) is 0 Å². The summed E-state index contributed by atoms with van der Waals surface area (Å²) in [5.74, 6) is 0.858. The van der Waals surface area contributed by atoms with Gasteiger partial charge in [-0.3, -0.25) is 14.4 Å². The molecule has 0 heterocycles. The van der Waals surface area contributed by atoms with Gasteiger partial charge < -0.3 is 14.2 Å². The van der Waals surface area contributed by atoms with E-state index in [1.165, 1.54) is 218 Å². The molecule has 386 valence electrons. The van der Waals surface area contributed by atoms with Gasteiger partial charge in [-0.05, 0) is 31.1 Å². The topological polar surface area (TPSA) is 78.9 Å². The van der Waals surface area contributed by atoms with Crippen molar-refractivity contribution in [3.05, 3.63) is 0 Å². The van der Waals surface area contributed by atoms with E-state index in [1.807, 2.05) is 0 Å². The molecule has 6 nitrogen and oxygen atoms in total. The summed E-state index contributed by atoms with van der Waals surface area (Å²) < 4.78 is 16.9. The Labute approximate surface area is 406 Å². The van der Waals surface area contributed by atoms with Crippen LogP contribution in [0.3, 0.4) is 0 Å². The Kier molecular flexibility index (Phi) is 50.5. The van der Waals surface area contributed by atoms with Crippen molar-refractivity contribution in [1.29, 1.82) is 0 Å². The first kappa shape index (κ1) is 63.4. The number of hydrogen-bond donors (Lipinski definition) is 0. The second kappa shape index (κ2) is 51.8. The highest BCUT2D eigenvalue weighted by atomic mass is 16.6. The van der Waals surface area contributed by atoms with Crippen LogP contribution in [-0.4, -0.2) is 37.2 Å². The lowest BCUT2D eigenvalue weighted by Crippen LogP contribution is -2.30. The summed E-state index contributed by atoms with van der Waals surface area (Å²) in [7, 11) is 0. The number of unbranched alkanes of at least 4 members (excludes halogenated alkanes) is 38. The first-order valence-corrected chi connectivity index (χ1v) is 29.2. The van der Waals surface area contributed by atoms with E-state index in [-0.39, 0.29) is 31.1 Å². The summed E-state index contributed by atoms with van der Waals surface area (Å²) in [5.41, 5.74) is 0. The molecule has 0 amide bonds. The summed E-state index contributed by atoms with van der Waals surface area (Å²) in [6.07, 6.45) is 55.2. The van der Waals surface area contributed by atoms with Crippen LogP contribution in [0, 0.1) is 11.8 Å². The Morgan fingerprint density at radius 3 is 0.754 bits per heavy atom. The average molecular weight is 920 g/mol. The van der Waals surface area contributed by atoms with E-state index in [9.17, 15) is 14.4 Å². The number of esters is 3. The Morgan fingerprint density at radius 1 is 0.292 bits per heavy atom. The maximum absolute atomic E-state index is 12.8. The molecule has 0 saturated heterocycles. The highest BCUT2D eigenvalue weighted by Crippen LogP contribution is 2.18. The molecule has 0 rings (SSSR count). The van der Waals surface area contributed by atoms with Gasteiger partial charge in [-0.1, -0.05) is 291 Å². The molecule has 0 fully saturated rings. The van der Waals surface area contributed by atoms with Gasteiger partial charge in [0.15, 0.2) is 6.10 Å². The molecule has 0 aliphatic heterocycles. The van der Waals surface area contributed by atoms with Gasteiger partial charge in [0.2, 0.25) is 0 Å². The third-order valence-corrected chi connectivity index (χ3v) is 13.5. The van der Waals surface area contributed by atoms with Crippen molar-refractivity contribution in [2.75, 3.05) is 13.2 Å². The molecule has 0 aromatic carbocycles. The lowest BCUT2D eigenvalue weighted by atomic mass is 10.0. The van der Waals surface area contributed by atoms with Crippen molar-refractivity contribution in [3.8, 4) is 0 Å². The third-order valence-electron chi connectivity index (χ3n) is 13.5. The summed E-state index contributed by atoms with van der Waals surface area (Å²) in [6, 6.07) is 0. The maximum Gasteiger partial charge on any atom is 0.306 e. The minimum Gasteiger partial charge on any atom is -0.462 e. The van der Waals surface area contributed by atoms with E-state index in [0.29, 0.717) is 19.3 Å². The average Bonchev–Trinajstić information content (AvgIpc) is 3.28. The second-order valence-corrected chi connectivity index (χ2v) is 21.2. The fraction of sp³-hybridized carbons (Fsp3) is 0.949. The lowest BCUT2D eigenvalue weighted by Gasteiger charge is -2.18. The Morgan fingerprint density at radius 2 is 0.508 bits per heavy atom. The number of hydrogen-bond acceptors (Lipinski definition) is 6. The first-order valence-electron chi connectivity index (χ1n) is 29.2. The van der Waals surface area contributed by atoms with Crippen LogP contribution in [0.1, 0.15) is 330 Å². The van der Waals surface area contributed by atoms with Crippen LogP contribution < -0.4 is 0 Å². The minimum atomic E-state index is -0.762. The van der Waals surface area contributed by atoms with Gasteiger partial charge in [0.05, 0.1) is 0 Å². The third kappa shape index (κ3) is 53.2. The van der Waals surface area contributed by atoms with Crippen LogP contribution in [0.2, 0.25) is 0 Å². The van der Waals surface area contributed by atoms with Gasteiger partial charge in [-0.25, -0.2) is 0 Å². The Balaban J connectivity index is 4.25. The molecule has 0 saturated carbocycles. The zero-order valence-electron chi connectivity index (χ0n) is 44.6. The molecule has 0 aromatic heterocycles. The van der Waals surface area contributed by atoms with Gasteiger partial charge >= 0.3 is 17.9 Å². The highest BCUT2D eigenvalue weighted by molar-refractivity contribution is 5.71. The fourth-order valence-electron chi connectivity index (χ4n) is 9.05. The molecule has 0 aromatic rings. The van der Waals surface area contributed by atoms with E-state index in [1.54, 1.807) is 0 Å². The molecule has 0 aliphatic rings. The predicted molar refractivity (Wildman–Crippen MR) is 280 cm³/mol. The quantitative estimate of drug-likeness (QED) is 0.0344. The summed E-state index contributed by atoms with van der Waals surface area (Å²) in [6.45, 7) is 11.4. The molecular formula is C59H114O6. The van der Waals surface area contributed by atoms with E-state index in [2.05, 4.69) is 34.6 Å². The molecule has 0 unspecified atom stereocenters. The van der Waals surface area contributed by atoms with Gasteiger partial charge in [0.25, 0.3) is 0 Å². The summed E-state index contributed by atoms with van der Waals surface area (Å²) >= 11 is 0. The van der Waals surface area contributed by atoms with Crippen molar-refractivity contribution >= 4 is 17.9 Å². The molecule has 0 aliphatic carbocycles. The lowest BCUT2D eigenvalue weighted by molar-refractivity contribution is -0.167. The van der Waals surface area contributed by atoms with Gasteiger partial charge in [0.1, 0.15) is 13.2 Å². The number of ether oxygens (including phenoxy) is 3. The number of rotatable bonds is 53. The van der Waals surface area contributed by atoms with Crippen molar-refractivity contribution in [1.82, 2.24) is 0 Å². The number of carbonyl (C=O) groups is 3. The maximum atomic E-state index is 12.8. The molecule has 1 atom stereocenters. The van der Waals surface area contributed by atoms with Crippen molar-refractivity contribution in [3.63, 3.8) is 0 Å². The predicted octanol–water partition coefficient (Wildman–Crippen LogP) is 19.3. The van der Waals surface area contributed by atoms with Gasteiger partial charge in [0, 0.05) is 19.3 Å². The van der Waals surface area contributed by atoms with E-state index >= 15 is 0 Å². The molecular weight excluding hydrogens is 805 g/mol. The van der Waals surface area contributed by atoms with Gasteiger partial charge in [-0.2, -0.15) is 0 Å². The molecule has 0 N–H and O–H groups in total. The van der Waals surface area contributed by atoms with Crippen molar-refractivity contribution in [2.45, 2.75) is 336 Å². The van der Waals surface area contributed by atoms with Crippen LogP contribution in [0.4, 0.5) is 0 Å². The smallest absolute Gasteiger partial charge is 0.306 e. The molecule has 0 radical (unpaired) electrons. The molecule has 65 heavy (non-hydrogen) atoms.